The van der Waals surface area contributed by atoms with E-state index in [4.69, 9.17) is 0 Å². The molecule has 0 radical (unpaired) electrons. The predicted octanol–water partition coefficient (Wildman–Crippen LogP) is 2.10. The number of nitrogens with one attached hydrogen (secondary N) is 2. The van der Waals surface area contributed by atoms with Crippen LogP contribution in [0.25, 0.3) is 0 Å². The maximum absolute atomic E-state index is 12.4. The minimum absolute atomic E-state index is 0.122. The molecule has 1 aromatic heterocycles. The van der Waals surface area contributed by atoms with E-state index in [9.17, 15) is 8.78 Å². The third-order valence-electron chi connectivity index (χ3n) is 3.89. The monoisotopic (exact) mass is 345 g/mol. The quantitative estimate of drug-likeness (QED) is 0.612. The van der Waals surface area contributed by atoms with Gasteiger partial charge in [0.2, 0.25) is 0 Å². The van der Waals surface area contributed by atoms with Gasteiger partial charge in [-0.1, -0.05) is 6.92 Å². The number of guanidine groups is 1. The summed E-state index contributed by atoms with van der Waals surface area (Å²) in [7, 11) is 1.74. The Bertz CT molecular complexity index is 498. The molecule has 1 fully saturated rings. The predicted molar refractivity (Wildman–Crippen MR) is 90.3 cm³/mol. The number of alkyl halides is 2. The number of piperidine rings is 1. The van der Waals surface area contributed by atoms with Gasteiger partial charge in [0, 0.05) is 31.6 Å². The van der Waals surface area contributed by atoms with E-state index < -0.39 is 6.43 Å². The van der Waals surface area contributed by atoms with Crippen LogP contribution in [-0.4, -0.2) is 55.0 Å². The van der Waals surface area contributed by atoms with Crippen LogP contribution in [0.2, 0.25) is 0 Å². The van der Waals surface area contributed by atoms with Gasteiger partial charge in [-0.2, -0.15) is 0 Å². The first-order chi connectivity index (χ1) is 11.1. The number of hydrogen-bond donors (Lipinski definition) is 2. The van der Waals surface area contributed by atoms with E-state index in [0.717, 1.165) is 35.9 Å². The highest BCUT2D eigenvalue weighted by Crippen LogP contribution is 2.12. The molecule has 2 heterocycles. The van der Waals surface area contributed by atoms with Crippen LogP contribution in [0.1, 0.15) is 30.5 Å². The zero-order chi connectivity index (χ0) is 16.7. The first-order valence-electron chi connectivity index (χ1n) is 8.01. The van der Waals surface area contributed by atoms with Crippen LogP contribution in [-0.2, 0) is 13.0 Å². The van der Waals surface area contributed by atoms with Crippen molar-refractivity contribution in [2.45, 2.75) is 45.2 Å². The van der Waals surface area contributed by atoms with Gasteiger partial charge in [0.05, 0.1) is 23.8 Å². The van der Waals surface area contributed by atoms with Crippen LogP contribution in [0.3, 0.4) is 0 Å². The number of thiazole rings is 1. The average molecular weight is 345 g/mol. The number of nitrogens with zero attached hydrogens (tertiary/aromatic N) is 3. The van der Waals surface area contributed by atoms with Crippen molar-refractivity contribution in [3.63, 3.8) is 0 Å². The van der Waals surface area contributed by atoms with Gasteiger partial charge in [0.1, 0.15) is 0 Å². The SMILES string of the molecule is CCc1nc(CNC(=NC)NC2CCN(CC(F)F)CC2)cs1. The second-order valence-electron chi connectivity index (χ2n) is 5.62. The molecule has 0 aromatic carbocycles. The van der Waals surface area contributed by atoms with Gasteiger partial charge in [0.25, 0.3) is 6.43 Å². The summed E-state index contributed by atoms with van der Waals surface area (Å²) in [5.74, 6) is 0.739. The number of halogens is 2. The molecule has 1 aromatic rings. The normalized spacial score (nSPS) is 17.7. The average Bonchev–Trinajstić information content (AvgIpc) is 3.00. The fourth-order valence-corrected chi connectivity index (χ4v) is 3.35. The van der Waals surface area contributed by atoms with Gasteiger partial charge in [0.15, 0.2) is 5.96 Å². The molecule has 1 aliphatic rings. The lowest BCUT2D eigenvalue weighted by atomic mass is 10.1. The zero-order valence-corrected chi connectivity index (χ0v) is 14.5. The fourth-order valence-electron chi connectivity index (χ4n) is 2.61. The van der Waals surface area contributed by atoms with Crippen LogP contribution < -0.4 is 10.6 Å². The molecule has 2 rings (SSSR count). The Labute approximate surface area is 140 Å². The minimum atomic E-state index is -2.25. The lowest BCUT2D eigenvalue weighted by Crippen LogP contribution is -2.49. The van der Waals surface area contributed by atoms with E-state index in [-0.39, 0.29) is 12.6 Å². The number of aryl methyl sites for hydroxylation is 1. The topological polar surface area (TPSA) is 52.6 Å². The van der Waals surface area contributed by atoms with E-state index in [1.165, 1.54) is 0 Å². The number of hydrogen-bond acceptors (Lipinski definition) is 4. The molecule has 2 N–H and O–H groups in total. The van der Waals surface area contributed by atoms with E-state index in [2.05, 4.69) is 32.9 Å². The van der Waals surface area contributed by atoms with Gasteiger partial charge >= 0.3 is 0 Å². The summed E-state index contributed by atoms with van der Waals surface area (Å²) in [4.78, 5) is 10.6. The Balaban J connectivity index is 1.73. The molecule has 0 saturated carbocycles. The highest BCUT2D eigenvalue weighted by molar-refractivity contribution is 7.09. The highest BCUT2D eigenvalue weighted by atomic mass is 32.1. The molecule has 0 atom stereocenters. The maximum Gasteiger partial charge on any atom is 0.251 e. The molecule has 0 aliphatic carbocycles. The third kappa shape index (κ3) is 6.02. The standard InChI is InChI=1S/C15H25F2N5S/c1-3-14-20-12(10-23-14)8-19-15(18-2)21-11-4-6-22(7-5-11)9-13(16)17/h10-11,13H,3-9H2,1-2H3,(H2,18,19,21). The molecule has 8 heteroatoms. The highest BCUT2D eigenvalue weighted by Gasteiger charge is 2.21. The largest absolute Gasteiger partial charge is 0.354 e. The molecule has 1 aliphatic heterocycles. The number of likely N-dealkylation sites (tertiary alicyclic amines) is 1. The minimum Gasteiger partial charge on any atom is -0.354 e. The fraction of sp³-hybridized carbons (Fsp3) is 0.733. The summed E-state index contributed by atoms with van der Waals surface area (Å²) < 4.78 is 24.8. The van der Waals surface area contributed by atoms with E-state index in [0.29, 0.717) is 19.6 Å². The molecular weight excluding hydrogens is 320 g/mol. The molecule has 23 heavy (non-hydrogen) atoms. The number of rotatable bonds is 6. The second-order valence-corrected chi connectivity index (χ2v) is 6.56. The van der Waals surface area contributed by atoms with Crippen molar-refractivity contribution >= 4 is 17.3 Å². The van der Waals surface area contributed by atoms with Crippen LogP contribution in [0.5, 0.6) is 0 Å². The second kappa shape index (κ2) is 9.12. The molecule has 0 bridgehead atoms. The van der Waals surface area contributed by atoms with E-state index >= 15 is 0 Å². The molecule has 5 nitrogen and oxygen atoms in total. The van der Waals surface area contributed by atoms with Crippen molar-refractivity contribution in [3.05, 3.63) is 16.1 Å². The first kappa shape index (κ1) is 18.1. The van der Waals surface area contributed by atoms with Crippen LogP contribution in [0.4, 0.5) is 8.78 Å². The lowest BCUT2D eigenvalue weighted by molar-refractivity contribution is 0.0744. The van der Waals surface area contributed by atoms with Crippen molar-refractivity contribution in [1.82, 2.24) is 20.5 Å². The van der Waals surface area contributed by atoms with Crippen molar-refractivity contribution in [3.8, 4) is 0 Å². The molecule has 130 valence electrons. The Morgan fingerprint density at radius 2 is 2.22 bits per heavy atom. The summed E-state index contributed by atoms with van der Waals surface area (Å²) in [5.41, 5.74) is 1.02. The number of aromatic nitrogens is 1. The van der Waals surface area contributed by atoms with E-state index in [1.54, 1.807) is 18.4 Å². The number of aliphatic imine (C=N–C) groups is 1. The molecular formula is C15H25F2N5S. The zero-order valence-electron chi connectivity index (χ0n) is 13.7. The molecule has 0 spiro atoms. The van der Waals surface area contributed by atoms with Crippen molar-refractivity contribution in [1.29, 1.82) is 0 Å². The summed E-state index contributed by atoms with van der Waals surface area (Å²) in [6.07, 6.45) is 0.406. The van der Waals surface area contributed by atoms with Crippen molar-refractivity contribution in [2.75, 3.05) is 26.7 Å². The summed E-state index contributed by atoms with van der Waals surface area (Å²) in [5, 5.41) is 9.83. The Morgan fingerprint density at radius 1 is 1.48 bits per heavy atom. The Morgan fingerprint density at radius 3 is 2.78 bits per heavy atom. The molecule has 1 saturated heterocycles. The first-order valence-corrected chi connectivity index (χ1v) is 8.89. The molecule has 0 amide bonds. The van der Waals surface area contributed by atoms with Gasteiger partial charge in [-0.25, -0.2) is 13.8 Å². The van der Waals surface area contributed by atoms with Gasteiger partial charge in [-0.15, -0.1) is 11.3 Å². The Kier molecular flexibility index (Phi) is 7.16. The van der Waals surface area contributed by atoms with Gasteiger partial charge in [-0.05, 0) is 19.3 Å². The van der Waals surface area contributed by atoms with E-state index in [1.807, 2.05) is 4.90 Å². The Hall–Kier alpha value is -1.28. The van der Waals surface area contributed by atoms with Crippen molar-refractivity contribution < 1.29 is 8.78 Å². The summed E-state index contributed by atoms with van der Waals surface area (Å²) >= 11 is 1.67. The van der Waals surface area contributed by atoms with Crippen LogP contribution >= 0.6 is 11.3 Å². The summed E-state index contributed by atoms with van der Waals surface area (Å²) in [6.45, 7) is 4.01. The smallest absolute Gasteiger partial charge is 0.251 e. The third-order valence-corrected chi connectivity index (χ3v) is 4.93. The summed E-state index contributed by atoms with van der Waals surface area (Å²) in [6, 6.07) is 0.275. The van der Waals surface area contributed by atoms with Gasteiger partial charge in [-0.3, -0.25) is 9.89 Å². The molecule has 0 unspecified atom stereocenters. The van der Waals surface area contributed by atoms with Crippen LogP contribution in [0.15, 0.2) is 10.4 Å². The lowest BCUT2D eigenvalue weighted by Gasteiger charge is -2.32. The van der Waals surface area contributed by atoms with Gasteiger partial charge < -0.3 is 10.6 Å². The van der Waals surface area contributed by atoms with Crippen molar-refractivity contribution in [2.24, 2.45) is 4.99 Å². The maximum atomic E-state index is 12.4. The van der Waals surface area contributed by atoms with Crippen LogP contribution in [0, 0.1) is 0 Å².